The zero-order valence-electron chi connectivity index (χ0n) is 12.2. The minimum absolute atomic E-state index is 0.512. The monoisotopic (exact) mass is 375 g/mol. The Labute approximate surface area is 150 Å². The van der Waals surface area contributed by atoms with Crippen LogP contribution in [0.3, 0.4) is 0 Å². The Morgan fingerprint density at radius 1 is 1.25 bits per heavy atom. The average molecular weight is 376 g/mol. The molecule has 4 rings (SSSR count). The topological polar surface area (TPSA) is 69.6 Å². The van der Waals surface area contributed by atoms with Crippen LogP contribution in [0.5, 0.6) is 0 Å². The molecule has 1 aromatic carbocycles. The lowest BCUT2D eigenvalue weighted by molar-refractivity contribution is 0.391. The van der Waals surface area contributed by atoms with Crippen molar-refractivity contribution in [3.8, 4) is 16.4 Å². The summed E-state index contributed by atoms with van der Waals surface area (Å²) in [6.07, 6.45) is 1.65. The van der Waals surface area contributed by atoms with Crippen molar-refractivity contribution in [2.45, 2.75) is 10.9 Å². The number of benzene rings is 1. The predicted octanol–water partition coefficient (Wildman–Crippen LogP) is 4.32. The summed E-state index contributed by atoms with van der Waals surface area (Å²) < 4.78 is 7.17. The molecule has 0 saturated heterocycles. The number of thiophene rings is 1. The summed E-state index contributed by atoms with van der Waals surface area (Å²) >= 11 is 9.09. The molecule has 0 aliphatic heterocycles. The number of nitrogens with zero attached hydrogens (tertiary/aromatic N) is 5. The molecule has 0 spiro atoms. The van der Waals surface area contributed by atoms with Crippen molar-refractivity contribution >= 4 is 34.7 Å². The van der Waals surface area contributed by atoms with Crippen LogP contribution in [0, 0.1) is 0 Å². The van der Waals surface area contributed by atoms with Crippen molar-refractivity contribution < 1.29 is 4.52 Å². The minimum Gasteiger partial charge on any atom is -0.338 e. The molecule has 4 aromatic rings. The lowest BCUT2D eigenvalue weighted by Gasteiger charge is -2.05. The molecule has 0 aliphatic rings. The molecule has 0 aliphatic carbocycles. The largest absolute Gasteiger partial charge is 0.338 e. The van der Waals surface area contributed by atoms with Crippen LogP contribution >= 0.6 is 34.7 Å². The van der Waals surface area contributed by atoms with Crippen molar-refractivity contribution in [2.24, 2.45) is 0 Å². The van der Waals surface area contributed by atoms with E-state index in [1.54, 1.807) is 17.7 Å². The van der Waals surface area contributed by atoms with Crippen molar-refractivity contribution in [3.63, 3.8) is 0 Å². The second kappa shape index (κ2) is 6.76. The molecular weight excluding hydrogens is 366 g/mol. The molecule has 3 heterocycles. The molecule has 0 amide bonds. The van der Waals surface area contributed by atoms with Crippen molar-refractivity contribution in [1.29, 1.82) is 0 Å². The molecule has 0 atom stereocenters. The lowest BCUT2D eigenvalue weighted by atomic mass is 10.3. The Morgan fingerprint density at radius 3 is 3.04 bits per heavy atom. The minimum atomic E-state index is 0.512. The van der Waals surface area contributed by atoms with Crippen LogP contribution in [-0.2, 0) is 5.75 Å². The van der Waals surface area contributed by atoms with Gasteiger partial charge < -0.3 is 4.52 Å². The molecule has 24 heavy (non-hydrogen) atoms. The summed E-state index contributed by atoms with van der Waals surface area (Å²) in [4.78, 5) is 5.39. The fourth-order valence-corrected chi connectivity index (χ4v) is 3.67. The second-order valence-corrected chi connectivity index (χ2v) is 7.07. The highest BCUT2D eigenvalue weighted by atomic mass is 35.5. The van der Waals surface area contributed by atoms with Gasteiger partial charge in [0, 0.05) is 5.02 Å². The van der Waals surface area contributed by atoms with Crippen LogP contribution in [-0.4, -0.2) is 24.9 Å². The first-order chi connectivity index (χ1) is 11.8. The van der Waals surface area contributed by atoms with Gasteiger partial charge in [0.15, 0.2) is 5.16 Å². The van der Waals surface area contributed by atoms with Gasteiger partial charge in [-0.2, -0.15) is 4.98 Å². The molecule has 0 N–H and O–H groups in total. The number of hydrogen-bond acceptors (Lipinski definition) is 7. The molecule has 0 saturated carbocycles. The molecule has 0 bridgehead atoms. The summed E-state index contributed by atoms with van der Waals surface area (Å²) in [5, 5.41) is 15.5. The maximum Gasteiger partial charge on any atom is 0.237 e. The average Bonchev–Trinajstić information content (AvgIpc) is 3.33. The van der Waals surface area contributed by atoms with Crippen LogP contribution in [0.15, 0.2) is 57.8 Å². The van der Waals surface area contributed by atoms with E-state index >= 15 is 0 Å². The standard InChI is InChI=1S/C15H10ClN5OS2/c16-10-3-1-4-11(7-10)21-9-17-19-15(21)24-8-13-18-14(20-22-13)12-5-2-6-23-12/h1-7,9H,8H2. The van der Waals surface area contributed by atoms with E-state index in [9.17, 15) is 0 Å². The van der Waals surface area contributed by atoms with E-state index in [2.05, 4.69) is 20.3 Å². The van der Waals surface area contributed by atoms with Gasteiger partial charge in [-0.1, -0.05) is 40.7 Å². The van der Waals surface area contributed by atoms with Gasteiger partial charge in [0.25, 0.3) is 0 Å². The van der Waals surface area contributed by atoms with Gasteiger partial charge in [-0.15, -0.1) is 21.5 Å². The van der Waals surface area contributed by atoms with Crippen molar-refractivity contribution in [3.05, 3.63) is 59.0 Å². The van der Waals surface area contributed by atoms with Crippen LogP contribution in [0.1, 0.15) is 5.89 Å². The zero-order valence-corrected chi connectivity index (χ0v) is 14.6. The number of hydrogen-bond donors (Lipinski definition) is 0. The number of thioether (sulfide) groups is 1. The van der Waals surface area contributed by atoms with E-state index < -0.39 is 0 Å². The van der Waals surface area contributed by atoms with Gasteiger partial charge >= 0.3 is 0 Å². The quantitative estimate of drug-likeness (QED) is 0.484. The van der Waals surface area contributed by atoms with E-state index in [0.29, 0.717) is 22.5 Å². The fourth-order valence-electron chi connectivity index (χ4n) is 2.07. The Kier molecular flexibility index (Phi) is 4.33. The molecular formula is C15H10ClN5OS2. The van der Waals surface area contributed by atoms with E-state index in [-0.39, 0.29) is 0 Å². The molecule has 0 radical (unpaired) electrons. The summed E-state index contributed by atoms with van der Waals surface area (Å²) in [6.45, 7) is 0. The summed E-state index contributed by atoms with van der Waals surface area (Å²) in [5.41, 5.74) is 0.903. The van der Waals surface area contributed by atoms with E-state index in [4.69, 9.17) is 16.1 Å². The number of rotatable bonds is 5. The highest BCUT2D eigenvalue weighted by Crippen LogP contribution is 2.26. The molecule has 0 fully saturated rings. The number of aromatic nitrogens is 5. The first-order valence-corrected chi connectivity index (χ1v) is 9.19. The SMILES string of the molecule is Clc1cccc(-n2cnnc2SCc2nc(-c3cccs3)no2)c1. The molecule has 3 aromatic heterocycles. The van der Waals surface area contributed by atoms with Gasteiger partial charge in [-0.3, -0.25) is 4.57 Å². The van der Waals surface area contributed by atoms with Crippen LogP contribution in [0.4, 0.5) is 0 Å². The Hall–Kier alpha value is -2.16. The Morgan fingerprint density at radius 2 is 2.21 bits per heavy atom. The molecule has 120 valence electrons. The first kappa shape index (κ1) is 15.4. The van der Waals surface area contributed by atoms with Gasteiger partial charge in [0.05, 0.1) is 16.3 Å². The van der Waals surface area contributed by atoms with Gasteiger partial charge in [-0.05, 0) is 29.6 Å². The van der Waals surface area contributed by atoms with Gasteiger partial charge in [0.2, 0.25) is 11.7 Å². The highest BCUT2D eigenvalue weighted by Gasteiger charge is 2.13. The molecule has 0 unspecified atom stereocenters. The summed E-state index contributed by atoms with van der Waals surface area (Å²) in [5.74, 6) is 1.67. The summed E-state index contributed by atoms with van der Waals surface area (Å²) in [6, 6.07) is 11.4. The van der Waals surface area contributed by atoms with Crippen molar-refractivity contribution in [1.82, 2.24) is 24.9 Å². The van der Waals surface area contributed by atoms with E-state index in [1.165, 1.54) is 11.8 Å². The number of halogens is 1. The second-order valence-electron chi connectivity index (χ2n) is 4.74. The van der Waals surface area contributed by atoms with Gasteiger partial charge in [-0.25, -0.2) is 0 Å². The predicted molar refractivity (Wildman–Crippen MR) is 93.5 cm³/mol. The maximum absolute atomic E-state index is 6.05. The van der Waals surface area contributed by atoms with Crippen LogP contribution < -0.4 is 0 Å². The molecule has 6 nitrogen and oxygen atoms in total. The van der Waals surface area contributed by atoms with E-state index in [1.807, 2.05) is 46.3 Å². The third kappa shape index (κ3) is 3.21. The Balaban J connectivity index is 1.50. The Bertz CT molecular complexity index is 950. The smallest absolute Gasteiger partial charge is 0.237 e. The highest BCUT2D eigenvalue weighted by molar-refractivity contribution is 7.98. The fraction of sp³-hybridized carbons (Fsp3) is 0.0667. The van der Waals surface area contributed by atoms with Gasteiger partial charge in [0.1, 0.15) is 6.33 Å². The van der Waals surface area contributed by atoms with Crippen LogP contribution in [0.2, 0.25) is 5.02 Å². The lowest BCUT2D eigenvalue weighted by Crippen LogP contribution is -1.95. The van der Waals surface area contributed by atoms with E-state index in [0.717, 1.165) is 15.7 Å². The molecule has 9 heteroatoms. The third-order valence-electron chi connectivity index (χ3n) is 3.14. The zero-order chi connectivity index (χ0) is 16.4. The van der Waals surface area contributed by atoms with Crippen molar-refractivity contribution in [2.75, 3.05) is 0 Å². The third-order valence-corrected chi connectivity index (χ3v) is 5.17. The first-order valence-electron chi connectivity index (χ1n) is 6.95. The summed E-state index contributed by atoms with van der Waals surface area (Å²) in [7, 11) is 0. The normalized spacial score (nSPS) is 11.0. The van der Waals surface area contributed by atoms with Crippen LogP contribution in [0.25, 0.3) is 16.4 Å². The maximum atomic E-state index is 6.05.